The molecular formula is C14H15ClO3. The summed E-state index contributed by atoms with van der Waals surface area (Å²) in [7, 11) is 0. The van der Waals surface area contributed by atoms with Gasteiger partial charge in [0.2, 0.25) is 0 Å². The molecule has 1 aromatic carbocycles. The van der Waals surface area contributed by atoms with E-state index in [9.17, 15) is 5.11 Å². The summed E-state index contributed by atoms with van der Waals surface area (Å²) in [5.74, 6) is 0.616. The molecule has 0 radical (unpaired) electrons. The molecule has 18 heavy (non-hydrogen) atoms. The van der Waals surface area contributed by atoms with E-state index in [0.717, 1.165) is 17.4 Å². The van der Waals surface area contributed by atoms with Crippen molar-refractivity contribution in [3.05, 3.63) is 35.0 Å². The highest BCUT2D eigenvalue weighted by molar-refractivity contribution is 6.31. The minimum atomic E-state index is -0.915. The minimum Gasteiger partial charge on any atom is -0.458 e. The molecule has 1 unspecified atom stereocenters. The molecule has 96 valence electrons. The summed E-state index contributed by atoms with van der Waals surface area (Å²) in [5, 5.41) is 12.3. The third-order valence-corrected chi connectivity index (χ3v) is 3.71. The molecule has 3 rings (SSSR count). The van der Waals surface area contributed by atoms with E-state index in [2.05, 4.69) is 0 Å². The summed E-state index contributed by atoms with van der Waals surface area (Å²) in [6.07, 6.45) is 2.08. The summed E-state index contributed by atoms with van der Waals surface area (Å²) >= 11 is 5.95. The van der Waals surface area contributed by atoms with Gasteiger partial charge >= 0.3 is 0 Å². The topological polar surface area (TPSA) is 42.6 Å². The van der Waals surface area contributed by atoms with Gasteiger partial charge < -0.3 is 14.3 Å². The van der Waals surface area contributed by atoms with Gasteiger partial charge in [0.1, 0.15) is 16.9 Å². The average molecular weight is 267 g/mol. The molecule has 1 atom stereocenters. The molecule has 3 nitrogen and oxygen atoms in total. The molecule has 0 bridgehead atoms. The van der Waals surface area contributed by atoms with Crippen LogP contribution in [0.25, 0.3) is 11.0 Å². The summed E-state index contributed by atoms with van der Waals surface area (Å²) < 4.78 is 11.1. The molecular weight excluding hydrogens is 252 g/mol. The molecule has 2 heterocycles. The van der Waals surface area contributed by atoms with Crippen molar-refractivity contribution in [2.75, 3.05) is 13.2 Å². The quantitative estimate of drug-likeness (QED) is 0.859. The van der Waals surface area contributed by atoms with Gasteiger partial charge in [0.05, 0.1) is 0 Å². The fourth-order valence-electron chi connectivity index (χ4n) is 2.42. The number of benzene rings is 1. The lowest BCUT2D eigenvalue weighted by Gasteiger charge is -2.22. The van der Waals surface area contributed by atoms with Crippen molar-refractivity contribution < 1.29 is 14.3 Å². The van der Waals surface area contributed by atoms with Crippen LogP contribution in [0.15, 0.2) is 28.7 Å². The largest absolute Gasteiger partial charge is 0.458 e. The fraction of sp³-hybridized carbons (Fsp3) is 0.429. The average Bonchev–Trinajstić information content (AvgIpc) is 2.65. The SMILES string of the molecule is OC1(c2cc3cc(Cl)ccc3o2)CCCOCC1. The Bertz CT molecular complexity index is 553. The van der Waals surface area contributed by atoms with E-state index in [-0.39, 0.29) is 0 Å². The van der Waals surface area contributed by atoms with Crippen LogP contribution in [-0.2, 0) is 10.3 Å². The molecule has 4 heteroatoms. The van der Waals surface area contributed by atoms with E-state index >= 15 is 0 Å². The number of aliphatic hydroxyl groups is 1. The molecule has 1 N–H and O–H groups in total. The third kappa shape index (κ3) is 2.14. The lowest BCUT2D eigenvalue weighted by atomic mass is 9.92. The van der Waals surface area contributed by atoms with Gasteiger partial charge in [0, 0.05) is 30.0 Å². The van der Waals surface area contributed by atoms with Gasteiger partial charge in [-0.15, -0.1) is 0 Å². The number of hydrogen-bond acceptors (Lipinski definition) is 3. The van der Waals surface area contributed by atoms with Crippen LogP contribution >= 0.6 is 11.6 Å². The Morgan fingerprint density at radius 3 is 2.94 bits per heavy atom. The predicted octanol–water partition coefficient (Wildman–Crippen LogP) is 3.47. The molecule has 0 spiro atoms. The number of fused-ring (bicyclic) bond motifs is 1. The van der Waals surface area contributed by atoms with Crippen molar-refractivity contribution in [1.29, 1.82) is 0 Å². The van der Waals surface area contributed by atoms with Crippen LogP contribution in [0.2, 0.25) is 5.02 Å². The molecule has 2 aromatic rings. The lowest BCUT2D eigenvalue weighted by Crippen LogP contribution is -2.25. The Morgan fingerprint density at radius 2 is 2.06 bits per heavy atom. The zero-order valence-corrected chi connectivity index (χ0v) is 10.7. The van der Waals surface area contributed by atoms with Crippen LogP contribution in [0.5, 0.6) is 0 Å². The monoisotopic (exact) mass is 266 g/mol. The van der Waals surface area contributed by atoms with E-state index < -0.39 is 5.60 Å². The van der Waals surface area contributed by atoms with Crippen molar-refractivity contribution in [3.8, 4) is 0 Å². The van der Waals surface area contributed by atoms with Crippen LogP contribution < -0.4 is 0 Å². The highest BCUT2D eigenvalue weighted by atomic mass is 35.5. The van der Waals surface area contributed by atoms with Gasteiger partial charge in [-0.3, -0.25) is 0 Å². The number of furan rings is 1. The first kappa shape index (κ1) is 12.0. The first-order valence-electron chi connectivity index (χ1n) is 6.17. The van der Waals surface area contributed by atoms with E-state index in [1.807, 2.05) is 18.2 Å². The normalized spacial score (nSPS) is 25.2. The van der Waals surface area contributed by atoms with Crippen molar-refractivity contribution >= 4 is 22.6 Å². The van der Waals surface area contributed by atoms with E-state index in [1.165, 1.54) is 0 Å². The van der Waals surface area contributed by atoms with Gasteiger partial charge in [-0.1, -0.05) is 11.6 Å². The van der Waals surface area contributed by atoms with Gasteiger partial charge in [-0.25, -0.2) is 0 Å². The number of hydrogen-bond donors (Lipinski definition) is 1. The number of rotatable bonds is 1. The highest BCUT2D eigenvalue weighted by Crippen LogP contribution is 2.36. The minimum absolute atomic E-state index is 0.564. The third-order valence-electron chi connectivity index (χ3n) is 3.48. The Labute approximate surface area is 110 Å². The van der Waals surface area contributed by atoms with E-state index in [0.29, 0.717) is 36.8 Å². The number of ether oxygens (including phenoxy) is 1. The zero-order chi connectivity index (χ0) is 12.6. The molecule has 0 aliphatic carbocycles. The van der Waals surface area contributed by atoms with Gasteiger partial charge in [-0.05, 0) is 37.1 Å². The summed E-state index contributed by atoms with van der Waals surface area (Å²) in [5.41, 5.74) is -0.157. The van der Waals surface area contributed by atoms with Gasteiger partial charge in [0.25, 0.3) is 0 Å². The van der Waals surface area contributed by atoms with Crippen molar-refractivity contribution in [2.45, 2.75) is 24.9 Å². The van der Waals surface area contributed by atoms with Crippen LogP contribution in [0.1, 0.15) is 25.0 Å². The van der Waals surface area contributed by atoms with Gasteiger partial charge in [0.15, 0.2) is 0 Å². The highest BCUT2D eigenvalue weighted by Gasteiger charge is 2.33. The predicted molar refractivity (Wildman–Crippen MR) is 69.8 cm³/mol. The molecule has 1 aliphatic rings. The molecule has 1 saturated heterocycles. The Kier molecular flexibility index (Phi) is 3.06. The maximum absolute atomic E-state index is 10.7. The number of halogens is 1. The van der Waals surface area contributed by atoms with E-state index in [1.54, 1.807) is 6.07 Å². The van der Waals surface area contributed by atoms with Crippen LogP contribution in [0, 0.1) is 0 Å². The second-order valence-electron chi connectivity index (χ2n) is 4.79. The van der Waals surface area contributed by atoms with Crippen molar-refractivity contribution in [2.24, 2.45) is 0 Å². The van der Waals surface area contributed by atoms with Crippen LogP contribution in [0.4, 0.5) is 0 Å². The maximum atomic E-state index is 10.7. The molecule has 1 aromatic heterocycles. The second kappa shape index (κ2) is 4.57. The Morgan fingerprint density at radius 1 is 1.17 bits per heavy atom. The van der Waals surface area contributed by atoms with Crippen LogP contribution in [0.3, 0.4) is 0 Å². The summed E-state index contributed by atoms with van der Waals surface area (Å²) in [6.45, 7) is 1.27. The Balaban J connectivity index is 2.02. The summed E-state index contributed by atoms with van der Waals surface area (Å²) in [6, 6.07) is 7.35. The van der Waals surface area contributed by atoms with Crippen molar-refractivity contribution in [3.63, 3.8) is 0 Å². The van der Waals surface area contributed by atoms with E-state index in [4.69, 9.17) is 20.8 Å². The Hall–Kier alpha value is -1.03. The standard InChI is InChI=1S/C14H15ClO3/c15-11-2-3-12-10(8-11)9-13(18-12)14(16)4-1-6-17-7-5-14/h2-3,8-9,16H,1,4-7H2. The molecule has 0 amide bonds. The lowest BCUT2D eigenvalue weighted by molar-refractivity contribution is -0.00381. The molecule has 1 fully saturated rings. The maximum Gasteiger partial charge on any atom is 0.136 e. The van der Waals surface area contributed by atoms with Crippen molar-refractivity contribution in [1.82, 2.24) is 0 Å². The van der Waals surface area contributed by atoms with Gasteiger partial charge in [-0.2, -0.15) is 0 Å². The first-order valence-corrected chi connectivity index (χ1v) is 6.55. The first-order chi connectivity index (χ1) is 8.67. The second-order valence-corrected chi connectivity index (χ2v) is 5.23. The fourth-order valence-corrected chi connectivity index (χ4v) is 2.61. The molecule has 0 saturated carbocycles. The zero-order valence-electron chi connectivity index (χ0n) is 9.99. The smallest absolute Gasteiger partial charge is 0.136 e. The molecule has 1 aliphatic heterocycles. The van der Waals surface area contributed by atoms with Crippen LogP contribution in [-0.4, -0.2) is 18.3 Å². The summed E-state index contributed by atoms with van der Waals surface area (Å²) in [4.78, 5) is 0.